The number of nitrogens with zero attached hydrogens (tertiary/aromatic N) is 3. The minimum Gasteiger partial charge on any atom is -0.305 e. The molecule has 98 valence electrons. The highest BCUT2D eigenvalue weighted by Crippen LogP contribution is 2.22. The summed E-state index contributed by atoms with van der Waals surface area (Å²) in [4.78, 5) is 4.48. The third kappa shape index (κ3) is 2.52. The summed E-state index contributed by atoms with van der Waals surface area (Å²) in [7, 11) is 1.96. The Morgan fingerprint density at radius 1 is 1.42 bits per heavy atom. The SMILES string of the molecule is CC(NCc1ccnn1C)c1cnc2ccsc2c1. The van der Waals surface area contributed by atoms with E-state index in [0.29, 0.717) is 0 Å². The Morgan fingerprint density at radius 2 is 2.32 bits per heavy atom. The molecule has 0 fully saturated rings. The molecule has 0 aliphatic carbocycles. The van der Waals surface area contributed by atoms with Crippen LogP contribution >= 0.6 is 11.3 Å². The van der Waals surface area contributed by atoms with E-state index in [9.17, 15) is 0 Å². The van der Waals surface area contributed by atoms with Gasteiger partial charge in [0.1, 0.15) is 0 Å². The lowest BCUT2D eigenvalue weighted by molar-refractivity contribution is 0.547. The molecule has 0 aromatic carbocycles. The van der Waals surface area contributed by atoms with Crippen LogP contribution in [0.3, 0.4) is 0 Å². The van der Waals surface area contributed by atoms with E-state index in [1.165, 1.54) is 16.0 Å². The Morgan fingerprint density at radius 3 is 3.11 bits per heavy atom. The highest BCUT2D eigenvalue weighted by Gasteiger charge is 2.08. The molecule has 19 heavy (non-hydrogen) atoms. The summed E-state index contributed by atoms with van der Waals surface area (Å²) in [6, 6.07) is 6.57. The third-order valence-electron chi connectivity index (χ3n) is 3.34. The van der Waals surface area contributed by atoms with E-state index in [-0.39, 0.29) is 6.04 Å². The van der Waals surface area contributed by atoms with Crippen LogP contribution < -0.4 is 5.32 Å². The Balaban J connectivity index is 1.72. The van der Waals surface area contributed by atoms with Crippen molar-refractivity contribution in [2.75, 3.05) is 0 Å². The number of aryl methyl sites for hydroxylation is 1. The minimum atomic E-state index is 0.272. The number of rotatable bonds is 4. The summed E-state index contributed by atoms with van der Waals surface area (Å²) < 4.78 is 3.13. The van der Waals surface area contributed by atoms with Gasteiger partial charge in [0.05, 0.1) is 15.9 Å². The molecule has 0 aliphatic rings. The van der Waals surface area contributed by atoms with Crippen LogP contribution in [0.15, 0.2) is 36.0 Å². The quantitative estimate of drug-likeness (QED) is 0.794. The van der Waals surface area contributed by atoms with E-state index in [1.807, 2.05) is 30.2 Å². The fourth-order valence-electron chi connectivity index (χ4n) is 2.05. The monoisotopic (exact) mass is 272 g/mol. The number of thiophene rings is 1. The topological polar surface area (TPSA) is 42.7 Å². The van der Waals surface area contributed by atoms with E-state index < -0.39 is 0 Å². The van der Waals surface area contributed by atoms with Crippen molar-refractivity contribution in [2.45, 2.75) is 19.5 Å². The van der Waals surface area contributed by atoms with Crippen molar-refractivity contribution in [3.8, 4) is 0 Å². The van der Waals surface area contributed by atoms with Gasteiger partial charge >= 0.3 is 0 Å². The Bertz CT molecular complexity index is 685. The second-order valence-corrected chi connectivity index (χ2v) is 5.57. The first-order valence-corrected chi connectivity index (χ1v) is 7.15. The van der Waals surface area contributed by atoms with Crippen molar-refractivity contribution >= 4 is 21.6 Å². The largest absolute Gasteiger partial charge is 0.305 e. The van der Waals surface area contributed by atoms with Crippen LogP contribution in [0.25, 0.3) is 10.2 Å². The van der Waals surface area contributed by atoms with Crippen LogP contribution in [-0.4, -0.2) is 14.8 Å². The molecule has 0 spiro atoms. The average molecular weight is 272 g/mol. The van der Waals surface area contributed by atoms with E-state index >= 15 is 0 Å². The van der Waals surface area contributed by atoms with E-state index in [4.69, 9.17) is 0 Å². The lowest BCUT2D eigenvalue weighted by atomic mass is 10.1. The number of hydrogen-bond donors (Lipinski definition) is 1. The zero-order valence-corrected chi connectivity index (χ0v) is 11.8. The van der Waals surface area contributed by atoms with Crippen molar-refractivity contribution in [3.05, 3.63) is 47.2 Å². The molecule has 4 nitrogen and oxygen atoms in total. The molecular formula is C14H16N4S. The highest BCUT2D eigenvalue weighted by atomic mass is 32.1. The van der Waals surface area contributed by atoms with Gasteiger partial charge in [-0.2, -0.15) is 5.10 Å². The van der Waals surface area contributed by atoms with E-state index in [2.05, 4.69) is 39.8 Å². The number of aromatic nitrogens is 3. The fourth-order valence-corrected chi connectivity index (χ4v) is 2.84. The van der Waals surface area contributed by atoms with Crippen molar-refractivity contribution in [3.63, 3.8) is 0 Å². The van der Waals surface area contributed by atoms with Gasteiger partial charge in [0, 0.05) is 32.0 Å². The van der Waals surface area contributed by atoms with Crippen LogP contribution in [0, 0.1) is 0 Å². The molecule has 0 amide bonds. The Kier molecular flexibility index (Phi) is 3.31. The Hall–Kier alpha value is -1.72. The maximum absolute atomic E-state index is 4.48. The van der Waals surface area contributed by atoms with Gasteiger partial charge < -0.3 is 5.32 Å². The second kappa shape index (κ2) is 5.11. The molecule has 0 saturated heterocycles. The summed E-state index contributed by atoms with van der Waals surface area (Å²) >= 11 is 1.73. The van der Waals surface area contributed by atoms with E-state index in [1.54, 1.807) is 11.3 Å². The van der Waals surface area contributed by atoms with Gasteiger partial charge in [-0.05, 0) is 36.1 Å². The molecule has 1 N–H and O–H groups in total. The molecule has 3 aromatic heterocycles. The van der Waals surface area contributed by atoms with Gasteiger partial charge in [0.2, 0.25) is 0 Å². The predicted octanol–water partition coefficient (Wildman–Crippen LogP) is 2.88. The predicted molar refractivity (Wildman–Crippen MR) is 78.1 cm³/mol. The summed E-state index contributed by atoms with van der Waals surface area (Å²) in [5.41, 5.74) is 3.47. The van der Waals surface area contributed by atoms with Crippen LogP contribution in [0.4, 0.5) is 0 Å². The summed E-state index contributed by atoms with van der Waals surface area (Å²) in [5, 5.41) is 9.75. The van der Waals surface area contributed by atoms with Crippen LogP contribution in [-0.2, 0) is 13.6 Å². The van der Waals surface area contributed by atoms with E-state index in [0.717, 1.165) is 12.1 Å². The lowest BCUT2D eigenvalue weighted by Gasteiger charge is -2.14. The average Bonchev–Trinajstić information content (AvgIpc) is 3.03. The van der Waals surface area contributed by atoms with Crippen molar-refractivity contribution in [1.82, 2.24) is 20.1 Å². The fraction of sp³-hybridized carbons (Fsp3) is 0.286. The molecule has 3 aromatic rings. The lowest BCUT2D eigenvalue weighted by Crippen LogP contribution is -2.19. The second-order valence-electron chi connectivity index (χ2n) is 4.62. The molecule has 1 atom stereocenters. The molecule has 0 radical (unpaired) electrons. The summed E-state index contributed by atoms with van der Waals surface area (Å²) in [5.74, 6) is 0. The minimum absolute atomic E-state index is 0.272. The van der Waals surface area contributed by atoms with Gasteiger partial charge in [0.25, 0.3) is 0 Å². The van der Waals surface area contributed by atoms with Gasteiger partial charge in [-0.3, -0.25) is 9.67 Å². The van der Waals surface area contributed by atoms with Crippen LogP contribution in [0.5, 0.6) is 0 Å². The van der Waals surface area contributed by atoms with Crippen LogP contribution in [0.1, 0.15) is 24.2 Å². The Labute approximate surface area is 116 Å². The normalized spacial score (nSPS) is 12.9. The highest BCUT2D eigenvalue weighted by molar-refractivity contribution is 7.17. The van der Waals surface area contributed by atoms with Gasteiger partial charge in [0.15, 0.2) is 0 Å². The zero-order valence-electron chi connectivity index (χ0n) is 11.0. The summed E-state index contributed by atoms with van der Waals surface area (Å²) in [6.07, 6.45) is 3.77. The number of nitrogens with one attached hydrogen (secondary N) is 1. The van der Waals surface area contributed by atoms with Crippen molar-refractivity contribution in [1.29, 1.82) is 0 Å². The zero-order chi connectivity index (χ0) is 13.2. The maximum atomic E-state index is 4.48. The number of pyridine rings is 1. The van der Waals surface area contributed by atoms with Gasteiger partial charge in [-0.25, -0.2) is 0 Å². The van der Waals surface area contributed by atoms with Gasteiger partial charge in [-0.15, -0.1) is 11.3 Å². The molecule has 0 saturated carbocycles. The molecule has 0 aliphatic heterocycles. The van der Waals surface area contributed by atoms with Crippen molar-refractivity contribution in [2.24, 2.45) is 7.05 Å². The standard InChI is InChI=1S/C14H16N4S/c1-10(15-9-12-3-5-17-18(12)2)11-7-14-13(16-8-11)4-6-19-14/h3-8,10,15H,9H2,1-2H3. The molecule has 1 unspecified atom stereocenters. The van der Waals surface area contributed by atoms with Gasteiger partial charge in [-0.1, -0.05) is 0 Å². The smallest absolute Gasteiger partial charge is 0.0809 e. The molecule has 0 bridgehead atoms. The molecule has 3 rings (SSSR count). The first kappa shape index (κ1) is 12.3. The van der Waals surface area contributed by atoms with Crippen LogP contribution in [0.2, 0.25) is 0 Å². The molecule has 5 heteroatoms. The number of fused-ring (bicyclic) bond motifs is 1. The molecular weight excluding hydrogens is 256 g/mol. The third-order valence-corrected chi connectivity index (χ3v) is 4.19. The first-order chi connectivity index (χ1) is 9.24. The first-order valence-electron chi connectivity index (χ1n) is 6.27. The summed E-state index contributed by atoms with van der Waals surface area (Å²) in [6.45, 7) is 2.97. The maximum Gasteiger partial charge on any atom is 0.0809 e. The number of hydrogen-bond acceptors (Lipinski definition) is 4. The molecule has 3 heterocycles. The van der Waals surface area contributed by atoms with Crippen molar-refractivity contribution < 1.29 is 0 Å².